The highest BCUT2D eigenvalue weighted by molar-refractivity contribution is 6.00. The number of para-hydroxylation sites is 1. The highest BCUT2D eigenvalue weighted by Crippen LogP contribution is 2.26. The van der Waals surface area contributed by atoms with Crippen LogP contribution >= 0.6 is 0 Å². The second-order valence-electron chi connectivity index (χ2n) is 7.81. The van der Waals surface area contributed by atoms with Gasteiger partial charge < -0.3 is 4.74 Å². The van der Waals surface area contributed by atoms with Crippen LogP contribution in [-0.4, -0.2) is 15.4 Å². The van der Waals surface area contributed by atoms with Gasteiger partial charge in [0.2, 0.25) is 0 Å². The lowest BCUT2D eigenvalue weighted by molar-refractivity contribution is 0.294. The smallest absolute Gasteiger partial charge is 0.274 e. The van der Waals surface area contributed by atoms with Crippen LogP contribution in [0.2, 0.25) is 0 Å². The summed E-state index contributed by atoms with van der Waals surface area (Å²) in [4.78, 5) is 17.7. The van der Waals surface area contributed by atoms with Gasteiger partial charge in [-0.2, -0.15) is 9.78 Å². The van der Waals surface area contributed by atoms with Crippen molar-refractivity contribution >= 4 is 5.71 Å². The Bertz CT molecular complexity index is 1130. The van der Waals surface area contributed by atoms with Crippen LogP contribution in [0, 0.1) is 6.92 Å². The number of aromatic nitrogens is 2. The summed E-state index contributed by atoms with van der Waals surface area (Å²) in [6.07, 6.45) is 2.59. The van der Waals surface area contributed by atoms with Gasteiger partial charge in [0.25, 0.3) is 5.56 Å². The standard InChI is InChI=1S/C25H27N3O2/c1-4-19-12-8-9-17(2)24(19)30-16-21-15-23(29)28-25(26-21)18(3)13-14-22(27-28)20-10-6-5-7-11-20/h5-12,15,18H,4,13-14,16H2,1-3H3. The molecular weight excluding hydrogens is 374 g/mol. The number of benzene rings is 2. The molecule has 1 aliphatic rings. The lowest BCUT2D eigenvalue weighted by Gasteiger charge is -2.15. The molecule has 0 spiro atoms. The molecule has 1 aromatic heterocycles. The summed E-state index contributed by atoms with van der Waals surface area (Å²) in [5, 5.41) is 4.68. The Morgan fingerprint density at radius 3 is 2.70 bits per heavy atom. The van der Waals surface area contributed by atoms with Crippen molar-refractivity contribution in [3.05, 3.63) is 93.2 Å². The summed E-state index contributed by atoms with van der Waals surface area (Å²) in [5.41, 5.74) is 4.69. The summed E-state index contributed by atoms with van der Waals surface area (Å²) in [5.74, 6) is 1.72. The average Bonchev–Trinajstić information content (AvgIpc) is 2.93. The molecule has 1 unspecified atom stereocenters. The zero-order valence-electron chi connectivity index (χ0n) is 17.8. The van der Waals surface area contributed by atoms with Crippen molar-refractivity contribution in [3.63, 3.8) is 0 Å². The third kappa shape index (κ3) is 4.06. The largest absolute Gasteiger partial charge is 0.487 e. The van der Waals surface area contributed by atoms with Gasteiger partial charge in [-0.25, -0.2) is 4.98 Å². The molecule has 2 heterocycles. The number of fused-ring (bicyclic) bond motifs is 1. The molecule has 0 aliphatic carbocycles. The Morgan fingerprint density at radius 2 is 1.93 bits per heavy atom. The van der Waals surface area contributed by atoms with Crippen molar-refractivity contribution < 1.29 is 4.74 Å². The van der Waals surface area contributed by atoms with Gasteiger partial charge in [0.05, 0.1) is 11.4 Å². The van der Waals surface area contributed by atoms with E-state index >= 15 is 0 Å². The normalized spacial score (nSPS) is 15.8. The summed E-state index contributed by atoms with van der Waals surface area (Å²) in [6.45, 7) is 6.51. The maximum absolute atomic E-state index is 12.9. The van der Waals surface area contributed by atoms with E-state index in [9.17, 15) is 4.79 Å². The van der Waals surface area contributed by atoms with Crippen LogP contribution in [0.3, 0.4) is 0 Å². The zero-order chi connectivity index (χ0) is 21.1. The molecule has 0 saturated heterocycles. The van der Waals surface area contributed by atoms with Crippen molar-refractivity contribution in [1.82, 2.24) is 9.66 Å². The Hall–Kier alpha value is -3.21. The van der Waals surface area contributed by atoms with Crippen LogP contribution in [0.25, 0.3) is 0 Å². The minimum absolute atomic E-state index is 0.132. The second-order valence-corrected chi connectivity index (χ2v) is 7.81. The second kappa shape index (κ2) is 8.66. The molecule has 0 N–H and O–H groups in total. The topological polar surface area (TPSA) is 56.5 Å². The lowest BCUT2D eigenvalue weighted by atomic mass is 9.99. The van der Waals surface area contributed by atoms with Crippen LogP contribution < -0.4 is 10.3 Å². The van der Waals surface area contributed by atoms with Gasteiger partial charge in [0, 0.05) is 12.0 Å². The van der Waals surface area contributed by atoms with E-state index in [1.807, 2.05) is 49.4 Å². The molecule has 30 heavy (non-hydrogen) atoms. The van der Waals surface area contributed by atoms with E-state index in [0.29, 0.717) is 11.5 Å². The van der Waals surface area contributed by atoms with Crippen LogP contribution in [0.4, 0.5) is 0 Å². The molecule has 1 aliphatic heterocycles. The molecule has 1 atom stereocenters. The molecule has 0 bridgehead atoms. The van der Waals surface area contributed by atoms with Gasteiger partial charge >= 0.3 is 0 Å². The minimum atomic E-state index is -0.165. The van der Waals surface area contributed by atoms with Crippen LogP contribution in [0.15, 0.2) is 64.5 Å². The number of aryl methyl sites for hydroxylation is 2. The van der Waals surface area contributed by atoms with Gasteiger partial charge in [-0.3, -0.25) is 4.79 Å². The van der Waals surface area contributed by atoms with E-state index in [-0.39, 0.29) is 18.1 Å². The van der Waals surface area contributed by atoms with Gasteiger partial charge in [0.1, 0.15) is 18.2 Å². The molecule has 5 heteroatoms. The van der Waals surface area contributed by atoms with Crippen molar-refractivity contribution in [3.8, 4) is 5.75 Å². The third-order valence-corrected chi connectivity index (χ3v) is 5.60. The Kier molecular flexibility index (Phi) is 5.79. The number of hydrogen-bond donors (Lipinski definition) is 0. The molecule has 2 aromatic carbocycles. The first-order valence-corrected chi connectivity index (χ1v) is 10.5. The number of hydrogen-bond acceptors (Lipinski definition) is 4. The quantitative estimate of drug-likeness (QED) is 0.614. The molecule has 4 rings (SSSR count). The van der Waals surface area contributed by atoms with Crippen molar-refractivity contribution in [1.29, 1.82) is 0 Å². The van der Waals surface area contributed by atoms with E-state index in [4.69, 9.17) is 9.72 Å². The van der Waals surface area contributed by atoms with E-state index in [1.165, 1.54) is 10.7 Å². The van der Waals surface area contributed by atoms with Crippen LogP contribution in [-0.2, 0) is 13.0 Å². The monoisotopic (exact) mass is 401 g/mol. The van der Waals surface area contributed by atoms with Crippen molar-refractivity contribution in [2.75, 3.05) is 0 Å². The fourth-order valence-corrected chi connectivity index (χ4v) is 3.87. The lowest BCUT2D eigenvalue weighted by Crippen LogP contribution is -2.24. The predicted molar refractivity (Wildman–Crippen MR) is 119 cm³/mol. The van der Waals surface area contributed by atoms with Crippen molar-refractivity contribution in [2.24, 2.45) is 5.10 Å². The van der Waals surface area contributed by atoms with E-state index in [1.54, 1.807) is 0 Å². The summed E-state index contributed by atoms with van der Waals surface area (Å²) in [6, 6.07) is 17.7. The van der Waals surface area contributed by atoms with Crippen molar-refractivity contribution in [2.45, 2.75) is 52.6 Å². The van der Waals surface area contributed by atoms with E-state index < -0.39 is 0 Å². The summed E-state index contributed by atoms with van der Waals surface area (Å²) in [7, 11) is 0. The molecule has 0 radical (unpaired) electrons. The number of rotatable bonds is 5. The number of nitrogens with zero attached hydrogens (tertiary/aromatic N) is 3. The fourth-order valence-electron chi connectivity index (χ4n) is 3.87. The molecule has 3 aromatic rings. The minimum Gasteiger partial charge on any atom is -0.487 e. The molecular formula is C25H27N3O2. The average molecular weight is 402 g/mol. The first-order valence-electron chi connectivity index (χ1n) is 10.5. The number of ether oxygens (including phenoxy) is 1. The molecule has 0 amide bonds. The Labute approximate surface area is 177 Å². The fraction of sp³-hybridized carbons (Fsp3) is 0.320. The zero-order valence-corrected chi connectivity index (χ0v) is 17.8. The maximum Gasteiger partial charge on any atom is 0.274 e. The Morgan fingerprint density at radius 1 is 1.13 bits per heavy atom. The van der Waals surface area contributed by atoms with Gasteiger partial charge in [-0.15, -0.1) is 0 Å². The van der Waals surface area contributed by atoms with Crippen LogP contribution in [0.5, 0.6) is 5.75 Å². The molecule has 154 valence electrons. The predicted octanol–water partition coefficient (Wildman–Crippen LogP) is 4.84. The molecule has 0 fully saturated rings. The SMILES string of the molecule is CCc1cccc(C)c1OCc1cc(=O)n2c(n1)C(C)CCC(c1ccccc1)=N2. The first-order chi connectivity index (χ1) is 14.6. The Balaban J connectivity index is 1.66. The van der Waals surface area contributed by atoms with Gasteiger partial charge in [0.15, 0.2) is 0 Å². The maximum atomic E-state index is 12.9. The molecule has 0 saturated carbocycles. The summed E-state index contributed by atoms with van der Waals surface area (Å²) >= 11 is 0. The molecule has 5 nitrogen and oxygen atoms in total. The third-order valence-electron chi connectivity index (χ3n) is 5.60. The highest BCUT2D eigenvalue weighted by Gasteiger charge is 2.21. The highest BCUT2D eigenvalue weighted by atomic mass is 16.5. The van der Waals surface area contributed by atoms with Gasteiger partial charge in [-0.05, 0) is 42.9 Å². The van der Waals surface area contributed by atoms with Crippen LogP contribution in [0.1, 0.15) is 60.8 Å². The van der Waals surface area contributed by atoms with E-state index in [2.05, 4.69) is 25.0 Å². The summed E-state index contributed by atoms with van der Waals surface area (Å²) < 4.78 is 7.57. The van der Waals surface area contributed by atoms with Gasteiger partial charge in [-0.1, -0.05) is 62.4 Å². The van der Waals surface area contributed by atoms with E-state index in [0.717, 1.165) is 47.4 Å². The first kappa shape index (κ1) is 20.1.